The molecule has 2 N–H and O–H groups in total. The Kier molecular flexibility index (Phi) is 3.01. The van der Waals surface area contributed by atoms with Crippen LogP contribution in [0.25, 0.3) is 11.1 Å². The summed E-state index contributed by atoms with van der Waals surface area (Å²) in [5, 5.41) is 3.83. The highest BCUT2D eigenvalue weighted by Crippen LogP contribution is 2.34. The lowest BCUT2D eigenvalue weighted by molar-refractivity contribution is 0.374. The first-order chi connectivity index (χ1) is 7.59. The van der Waals surface area contributed by atoms with Crippen LogP contribution in [0.1, 0.15) is 25.5 Å². The molecule has 1 heterocycles. The Morgan fingerprint density at radius 3 is 2.75 bits per heavy atom. The average molecular weight is 281 g/mol. The molecule has 0 spiro atoms. The molecule has 0 aliphatic carbocycles. The van der Waals surface area contributed by atoms with E-state index in [1.165, 1.54) is 0 Å². The fourth-order valence-corrected chi connectivity index (χ4v) is 2.04. The summed E-state index contributed by atoms with van der Waals surface area (Å²) in [7, 11) is 0. The molecular formula is C12H13BrN2O. The highest BCUT2D eigenvalue weighted by molar-refractivity contribution is 9.10. The van der Waals surface area contributed by atoms with Crippen LogP contribution in [0.4, 0.5) is 5.82 Å². The summed E-state index contributed by atoms with van der Waals surface area (Å²) >= 11 is 3.44. The van der Waals surface area contributed by atoms with Crippen molar-refractivity contribution in [2.75, 3.05) is 5.73 Å². The van der Waals surface area contributed by atoms with Crippen LogP contribution in [-0.4, -0.2) is 5.16 Å². The molecule has 3 nitrogen and oxygen atoms in total. The smallest absolute Gasteiger partial charge is 0.175 e. The summed E-state index contributed by atoms with van der Waals surface area (Å²) < 4.78 is 6.27. The van der Waals surface area contributed by atoms with Gasteiger partial charge < -0.3 is 10.3 Å². The van der Waals surface area contributed by atoms with Gasteiger partial charge in [-0.15, -0.1) is 0 Å². The minimum absolute atomic E-state index is 0.263. The highest BCUT2D eigenvalue weighted by atomic mass is 79.9. The number of hydrogen-bond donors (Lipinski definition) is 1. The van der Waals surface area contributed by atoms with Gasteiger partial charge in [-0.25, -0.2) is 0 Å². The Bertz CT molecular complexity index is 505. The van der Waals surface area contributed by atoms with Crippen molar-refractivity contribution in [3.63, 3.8) is 0 Å². The van der Waals surface area contributed by atoms with Crippen LogP contribution in [0.2, 0.25) is 0 Å². The topological polar surface area (TPSA) is 52.0 Å². The number of benzene rings is 1. The third-order valence-electron chi connectivity index (χ3n) is 2.38. The number of nitrogen functional groups attached to an aromatic ring is 1. The van der Waals surface area contributed by atoms with Gasteiger partial charge in [0.1, 0.15) is 5.76 Å². The second kappa shape index (κ2) is 4.29. The molecule has 0 aliphatic heterocycles. The Balaban J connectivity index is 2.59. The van der Waals surface area contributed by atoms with Crippen LogP contribution in [0.5, 0.6) is 0 Å². The van der Waals surface area contributed by atoms with Gasteiger partial charge >= 0.3 is 0 Å². The molecule has 0 bridgehead atoms. The quantitative estimate of drug-likeness (QED) is 0.910. The lowest BCUT2D eigenvalue weighted by atomic mass is 10.0. The molecule has 0 amide bonds. The molecule has 2 aromatic rings. The number of halogens is 1. The van der Waals surface area contributed by atoms with Crippen molar-refractivity contribution in [2.45, 2.75) is 19.8 Å². The minimum atomic E-state index is 0.263. The molecule has 0 atom stereocenters. The molecule has 0 radical (unpaired) electrons. The van der Waals surface area contributed by atoms with E-state index in [4.69, 9.17) is 10.3 Å². The third-order valence-corrected chi connectivity index (χ3v) is 2.88. The number of anilines is 1. The van der Waals surface area contributed by atoms with E-state index in [1.807, 2.05) is 24.3 Å². The van der Waals surface area contributed by atoms with E-state index < -0.39 is 0 Å². The molecule has 2 rings (SSSR count). The maximum absolute atomic E-state index is 5.84. The fraction of sp³-hybridized carbons (Fsp3) is 0.250. The first kappa shape index (κ1) is 11.2. The number of nitrogens with zero attached hydrogens (tertiary/aromatic N) is 1. The van der Waals surface area contributed by atoms with Gasteiger partial charge in [0.05, 0.1) is 5.56 Å². The number of hydrogen-bond acceptors (Lipinski definition) is 3. The van der Waals surface area contributed by atoms with Gasteiger partial charge in [0, 0.05) is 10.4 Å². The number of nitrogens with two attached hydrogens (primary N) is 1. The van der Waals surface area contributed by atoms with Crippen LogP contribution >= 0.6 is 15.9 Å². The van der Waals surface area contributed by atoms with Crippen molar-refractivity contribution in [2.24, 2.45) is 0 Å². The number of rotatable bonds is 2. The van der Waals surface area contributed by atoms with Crippen molar-refractivity contribution < 1.29 is 4.52 Å². The lowest BCUT2D eigenvalue weighted by Gasteiger charge is -2.05. The maximum Gasteiger partial charge on any atom is 0.175 e. The Labute approximate surface area is 103 Å². The predicted octanol–water partition coefficient (Wildman–Crippen LogP) is 3.81. The van der Waals surface area contributed by atoms with Gasteiger partial charge in [0.15, 0.2) is 5.82 Å². The van der Waals surface area contributed by atoms with E-state index in [9.17, 15) is 0 Å². The summed E-state index contributed by atoms with van der Waals surface area (Å²) in [5.74, 6) is 1.54. The van der Waals surface area contributed by atoms with Crippen molar-refractivity contribution in [1.82, 2.24) is 5.16 Å². The van der Waals surface area contributed by atoms with Gasteiger partial charge in [-0.3, -0.25) is 0 Å². The van der Waals surface area contributed by atoms with Gasteiger partial charge in [-0.05, 0) is 17.7 Å². The Morgan fingerprint density at radius 2 is 2.12 bits per heavy atom. The van der Waals surface area contributed by atoms with E-state index in [1.54, 1.807) is 0 Å². The molecule has 1 aromatic heterocycles. The van der Waals surface area contributed by atoms with Gasteiger partial charge in [-0.1, -0.05) is 47.1 Å². The summed E-state index contributed by atoms with van der Waals surface area (Å²) in [6.07, 6.45) is 0. The van der Waals surface area contributed by atoms with Crippen LogP contribution in [0.3, 0.4) is 0 Å². The maximum atomic E-state index is 5.84. The molecule has 16 heavy (non-hydrogen) atoms. The van der Waals surface area contributed by atoms with Crippen molar-refractivity contribution in [3.05, 3.63) is 34.5 Å². The molecular weight excluding hydrogens is 268 g/mol. The lowest BCUT2D eigenvalue weighted by Crippen LogP contribution is -1.92. The van der Waals surface area contributed by atoms with Crippen LogP contribution in [-0.2, 0) is 0 Å². The Hall–Kier alpha value is -1.29. The minimum Gasteiger partial charge on any atom is -0.380 e. The van der Waals surface area contributed by atoms with Gasteiger partial charge in [0.25, 0.3) is 0 Å². The van der Waals surface area contributed by atoms with Crippen molar-refractivity contribution >= 4 is 21.7 Å². The van der Waals surface area contributed by atoms with E-state index in [0.717, 1.165) is 21.4 Å². The van der Waals surface area contributed by atoms with Crippen LogP contribution in [0, 0.1) is 0 Å². The standard InChI is InChI=1S/C12H13BrN2O/c1-7(2)11-10(12(14)15-16-11)8-4-3-5-9(13)6-8/h3-7H,1-2H3,(H2,14,15). The summed E-state index contributed by atoms with van der Waals surface area (Å²) in [6, 6.07) is 7.95. The molecule has 0 aliphatic rings. The normalized spacial score (nSPS) is 11.0. The molecule has 84 valence electrons. The van der Waals surface area contributed by atoms with Crippen LogP contribution in [0.15, 0.2) is 33.3 Å². The molecule has 4 heteroatoms. The van der Waals surface area contributed by atoms with Crippen molar-refractivity contribution in [1.29, 1.82) is 0 Å². The van der Waals surface area contributed by atoms with Crippen molar-refractivity contribution in [3.8, 4) is 11.1 Å². The molecule has 0 saturated heterocycles. The molecule has 1 aromatic carbocycles. The fourth-order valence-electron chi connectivity index (χ4n) is 1.64. The monoisotopic (exact) mass is 280 g/mol. The van der Waals surface area contributed by atoms with E-state index in [0.29, 0.717) is 5.82 Å². The molecule has 0 unspecified atom stereocenters. The zero-order chi connectivity index (χ0) is 11.7. The van der Waals surface area contributed by atoms with Crippen LogP contribution < -0.4 is 5.73 Å². The van der Waals surface area contributed by atoms with E-state index in [-0.39, 0.29) is 5.92 Å². The highest BCUT2D eigenvalue weighted by Gasteiger charge is 2.18. The molecule has 0 saturated carbocycles. The first-order valence-corrected chi connectivity index (χ1v) is 5.90. The number of aromatic nitrogens is 1. The SMILES string of the molecule is CC(C)c1onc(N)c1-c1cccc(Br)c1. The molecule has 0 fully saturated rings. The predicted molar refractivity (Wildman–Crippen MR) is 68.1 cm³/mol. The van der Waals surface area contributed by atoms with Gasteiger partial charge in [-0.2, -0.15) is 0 Å². The van der Waals surface area contributed by atoms with Gasteiger partial charge in [0.2, 0.25) is 0 Å². The second-order valence-corrected chi connectivity index (χ2v) is 4.89. The first-order valence-electron chi connectivity index (χ1n) is 5.10. The Morgan fingerprint density at radius 1 is 1.38 bits per heavy atom. The largest absolute Gasteiger partial charge is 0.380 e. The average Bonchev–Trinajstić information content (AvgIpc) is 2.60. The second-order valence-electron chi connectivity index (χ2n) is 3.97. The summed E-state index contributed by atoms with van der Waals surface area (Å²) in [5.41, 5.74) is 7.77. The summed E-state index contributed by atoms with van der Waals surface area (Å²) in [6.45, 7) is 4.11. The third kappa shape index (κ3) is 1.97. The zero-order valence-corrected chi connectivity index (χ0v) is 10.8. The summed E-state index contributed by atoms with van der Waals surface area (Å²) in [4.78, 5) is 0. The van der Waals surface area contributed by atoms with E-state index in [2.05, 4.69) is 34.9 Å². The van der Waals surface area contributed by atoms with E-state index >= 15 is 0 Å². The zero-order valence-electron chi connectivity index (χ0n) is 9.20.